The number of aromatic nitrogens is 2. The molecule has 1 heterocycles. The van der Waals surface area contributed by atoms with Gasteiger partial charge in [-0.3, -0.25) is 0 Å². The van der Waals surface area contributed by atoms with Gasteiger partial charge in [0.1, 0.15) is 6.33 Å². The molecule has 1 atom stereocenters. The summed E-state index contributed by atoms with van der Waals surface area (Å²) in [6.45, 7) is 7.36. The number of methoxy groups -OCH3 is 1. The maximum Gasteiger partial charge on any atom is 0.216 e. The van der Waals surface area contributed by atoms with E-state index >= 15 is 0 Å². The van der Waals surface area contributed by atoms with Crippen LogP contribution in [0.25, 0.3) is 0 Å². The fraction of sp³-hybridized carbons (Fsp3) is 0.412. The highest BCUT2D eigenvalue weighted by atomic mass is 16.5. The Morgan fingerprint density at radius 2 is 1.76 bits per heavy atom. The van der Waals surface area contributed by atoms with Crippen molar-refractivity contribution in [1.29, 1.82) is 0 Å². The first-order chi connectivity index (χ1) is 10.2. The lowest BCUT2D eigenvalue weighted by Crippen LogP contribution is -2.23. The first-order valence-corrected chi connectivity index (χ1v) is 7.34. The minimum atomic E-state index is 0.0492. The average Bonchev–Trinajstić information content (AvgIpc) is 2.52. The van der Waals surface area contributed by atoms with Crippen LogP contribution < -0.4 is 10.1 Å². The van der Waals surface area contributed by atoms with E-state index in [1.807, 2.05) is 6.07 Å². The normalized spacial score (nSPS) is 12.4. The van der Waals surface area contributed by atoms with Crippen LogP contribution in [-0.2, 0) is 0 Å². The maximum absolute atomic E-state index is 5.19. The van der Waals surface area contributed by atoms with Crippen molar-refractivity contribution in [3.05, 3.63) is 53.5 Å². The van der Waals surface area contributed by atoms with Crippen molar-refractivity contribution in [2.75, 3.05) is 13.7 Å². The molecule has 0 radical (unpaired) electrons. The van der Waals surface area contributed by atoms with Gasteiger partial charge in [0, 0.05) is 6.07 Å². The molecule has 112 valence electrons. The SMILES string of the molecule is CCNC(c1ccc(C(C)C)cc1)c1cc(OC)ncn1. The summed E-state index contributed by atoms with van der Waals surface area (Å²) >= 11 is 0. The third-order valence-electron chi connectivity index (χ3n) is 3.51. The third-order valence-corrected chi connectivity index (χ3v) is 3.51. The zero-order chi connectivity index (χ0) is 15.2. The second-order valence-electron chi connectivity index (χ2n) is 5.30. The highest BCUT2D eigenvalue weighted by molar-refractivity contribution is 5.32. The van der Waals surface area contributed by atoms with E-state index in [1.165, 1.54) is 11.1 Å². The minimum Gasteiger partial charge on any atom is -0.481 e. The molecule has 0 saturated carbocycles. The number of nitrogens with zero attached hydrogens (tertiary/aromatic N) is 2. The molecule has 2 aromatic rings. The van der Waals surface area contributed by atoms with Crippen molar-refractivity contribution in [2.45, 2.75) is 32.7 Å². The van der Waals surface area contributed by atoms with Crippen LogP contribution in [-0.4, -0.2) is 23.6 Å². The lowest BCUT2D eigenvalue weighted by Gasteiger charge is -2.19. The summed E-state index contributed by atoms with van der Waals surface area (Å²) in [7, 11) is 1.62. The van der Waals surface area contributed by atoms with E-state index in [9.17, 15) is 0 Å². The lowest BCUT2D eigenvalue weighted by atomic mass is 9.97. The van der Waals surface area contributed by atoms with E-state index in [-0.39, 0.29) is 6.04 Å². The number of hydrogen-bond donors (Lipinski definition) is 1. The minimum absolute atomic E-state index is 0.0492. The zero-order valence-corrected chi connectivity index (χ0v) is 13.1. The molecule has 0 fully saturated rings. The van der Waals surface area contributed by atoms with Gasteiger partial charge in [-0.1, -0.05) is 45.0 Å². The number of nitrogens with one attached hydrogen (secondary N) is 1. The highest BCUT2D eigenvalue weighted by Crippen LogP contribution is 2.24. The van der Waals surface area contributed by atoms with Crippen molar-refractivity contribution < 1.29 is 4.74 Å². The second-order valence-corrected chi connectivity index (χ2v) is 5.30. The highest BCUT2D eigenvalue weighted by Gasteiger charge is 2.15. The van der Waals surface area contributed by atoms with Crippen LogP contribution in [0.4, 0.5) is 0 Å². The molecule has 4 nitrogen and oxygen atoms in total. The van der Waals surface area contributed by atoms with Crippen LogP contribution in [0.3, 0.4) is 0 Å². The molecule has 0 aliphatic carbocycles. The molecule has 21 heavy (non-hydrogen) atoms. The number of rotatable bonds is 6. The van der Waals surface area contributed by atoms with Crippen molar-refractivity contribution in [2.24, 2.45) is 0 Å². The summed E-state index contributed by atoms with van der Waals surface area (Å²) in [5.41, 5.74) is 3.46. The molecule has 0 amide bonds. The molecule has 1 aromatic heterocycles. The maximum atomic E-state index is 5.19. The summed E-state index contributed by atoms with van der Waals surface area (Å²) in [4.78, 5) is 8.46. The second kappa shape index (κ2) is 7.18. The Balaban J connectivity index is 2.33. The molecule has 2 rings (SSSR count). The zero-order valence-electron chi connectivity index (χ0n) is 13.1. The predicted octanol–water partition coefficient (Wildman–Crippen LogP) is 3.31. The Morgan fingerprint density at radius 3 is 2.33 bits per heavy atom. The van der Waals surface area contributed by atoms with Crippen LogP contribution in [0, 0.1) is 0 Å². The topological polar surface area (TPSA) is 47.0 Å². The molecular weight excluding hydrogens is 262 g/mol. The summed E-state index contributed by atoms with van der Waals surface area (Å²) < 4.78 is 5.19. The predicted molar refractivity (Wildman–Crippen MR) is 84.6 cm³/mol. The van der Waals surface area contributed by atoms with Gasteiger partial charge in [-0.25, -0.2) is 9.97 Å². The van der Waals surface area contributed by atoms with Gasteiger partial charge in [0.2, 0.25) is 5.88 Å². The Kier molecular flexibility index (Phi) is 5.28. The number of ether oxygens (including phenoxy) is 1. The first kappa shape index (κ1) is 15.4. The molecule has 0 spiro atoms. The quantitative estimate of drug-likeness (QED) is 0.884. The van der Waals surface area contributed by atoms with E-state index in [2.05, 4.69) is 60.3 Å². The Morgan fingerprint density at radius 1 is 1.10 bits per heavy atom. The number of hydrogen-bond acceptors (Lipinski definition) is 4. The summed E-state index contributed by atoms with van der Waals surface area (Å²) in [6.07, 6.45) is 1.54. The fourth-order valence-corrected chi connectivity index (χ4v) is 2.29. The van der Waals surface area contributed by atoms with Gasteiger partial charge in [-0.15, -0.1) is 0 Å². The molecule has 4 heteroatoms. The van der Waals surface area contributed by atoms with E-state index in [4.69, 9.17) is 4.74 Å². The molecule has 0 aliphatic heterocycles. The molecule has 0 aliphatic rings. The molecule has 1 unspecified atom stereocenters. The fourth-order valence-electron chi connectivity index (χ4n) is 2.29. The van der Waals surface area contributed by atoms with Gasteiger partial charge in [-0.2, -0.15) is 0 Å². The monoisotopic (exact) mass is 285 g/mol. The van der Waals surface area contributed by atoms with E-state index in [0.29, 0.717) is 11.8 Å². The largest absolute Gasteiger partial charge is 0.481 e. The van der Waals surface area contributed by atoms with Crippen LogP contribution in [0.1, 0.15) is 49.6 Å². The van der Waals surface area contributed by atoms with Crippen molar-refractivity contribution >= 4 is 0 Å². The summed E-state index contributed by atoms with van der Waals surface area (Å²) in [5, 5.41) is 3.47. The van der Waals surface area contributed by atoms with Gasteiger partial charge < -0.3 is 10.1 Å². The van der Waals surface area contributed by atoms with Gasteiger partial charge in [-0.05, 0) is 23.6 Å². The Labute approximate surface area is 126 Å². The third kappa shape index (κ3) is 3.79. The molecule has 1 N–H and O–H groups in total. The van der Waals surface area contributed by atoms with Crippen LogP contribution in [0.5, 0.6) is 5.88 Å². The average molecular weight is 285 g/mol. The van der Waals surface area contributed by atoms with E-state index < -0.39 is 0 Å². The Hall–Kier alpha value is -1.94. The molecule has 0 saturated heterocycles. The lowest BCUT2D eigenvalue weighted by molar-refractivity contribution is 0.395. The Bertz CT molecular complexity index is 567. The van der Waals surface area contributed by atoms with Gasteiger partial charge >= 0.3 is 0 Å². The van der Waals surface area contributed by atoms with Crippen molar-refractivity contribution in [1.82, 2.24) is 15.3 Å². The van der Waals surface area contributed by atoms with Crippen molar-refractivity contribution in [3.63, 3.8) is 0 Å². The van der Waals surface area contributed by atoms with E-state index in [1.54, 1.807) is 13.4 Å². The standard InChI is InChI=1S/C17H23N3O/c1-5-18-17(15-10-16(21-4)20-11-19-15)14-8-6-13(7-9-14)12(2)3/h6-12,17-18H,5H2,1-4H3. The molecular formula is C17H23N3O. The summed E-state index contributed by atoms with van der Waals surface area (Å²) in [6, 6.07) is 10.6. The van der Waals surface area contributed by atoms with Gasteiger partial charge in [0.15, 0.2) is 0 Å². The smallest absolute Gasteiger partial charge is 0.216 e. The molecule has 0 bridgehead atoms. The van der Waals surface area contributed by atoms with Gasteiger partial charge in [0.25, 0.3) is 0 Å². The summed E-state index contributed by atoms with van der Waals surface area (Å²) in [5.74, 6) is 1.12. The van der Waals surface area contributed by atoms with Crippen LogP contribution in [0.15, 0.2) is 36.7 Å². The first-order valence-electron chi connectivity index (χ1n) is 7.34. The van der Waals surface area contributed by atoms with Gasteiger partial charge in [0.05, 0.1) is 18.8 Å². The number of benzene rings is 1. The van der Waals surface area contributed by atoms with Crippen molar-refractivity contribution in [3.8, 4) is 5.88 Å². The van der Waals surface area contributed by atoms with Crippen LogP contribution in [0.2, 0.25) is 0 Å². The van der Waals surface area contributed by atoms with E-state index in [0.717, 1.165) is 12.2 Å². The van der Waals surface area contributed by atoms with Crippen LogP contribution >= 0.6 is 0 Å². The molecule has 1 aromatic carbocycles.